The zero-order valence-electron chi connectivity index (χ0n) is 18.5. The predicted molar refractivity (Wildman–Crippen MR) is 133 cm³/mol. The van der Waals surface area contributed by atoms with E-state index in [1.807, 2.05) is 45.2 Å². The Kier molecular flexibility index (Phi) is 13.1. The molecule has 0 spiro atoms. The maximum absolute atomic E-state index is 12.1. The smallest absolute Gasteiger partial charge is 0.422 e. The summed E-state index contributed by atoms with van der Waals surface area (Å²) in [5, 5.41) is 8.56. The van der Waals surface area contributed by atoms with Gasteiger partial charge in [0, 0.05) is 0 Å². The molecule has 36 heavy (non-hydrogen) atoms. The molecular weight excluding hydrogens is 728 g/mol. The van der Waals surface area contributed by atoms with Gasteiger partial charge >= 0.3 is 24.3 Å². The number of carbonyl (C=O) groups is 2. The molecule has 0 unspecified atom stereocenters. The summed E-state index contributed by atoms with van der Waals surface area (Å²) in [7, 11) is 0. The van der Waals surface area contributed by atoms with Crippen molar-refractivity contribution in [2.75, 3.05) is 19.8 Å². The molecule has 0 heterocycles. The highest BCUT2D eigenvalue weighted by Gasteiger charge is 2.29. The normalized spacial score (nSPS) is 11.2. The topological polar surface area (TPSA) is 82.1 Å². The molecule has 0 aliphatic heterocycles. The lowest BCUT2D eigenvalue weighted by atomic mass is 10.1. The number of alkyl halides is 6. The number of esters is 1. The van der Waals surface area contributed by atoms with Crippen LogP contribution in [0.15, 0.2) is 36.4 Å². The second kappa shape index (κ2) is 14.7. The van der Waals surface area contributed by atoms with Crippen molar-refractivity contribution in [1.82, 2.24) is 0 Å². The van der Waals surface area contributed by atoms with Gasteiger partial charge in [0.2, 0.25) is 0 Å². The molecule has 0 aliphatic rings. The van der Waals surface area contributed by atoms with Gasteiger partial charge in [-0.2, -0.15) is 26.3 Å². The summed E-state index contributed by atoms with van der Waals surface area (Å²) in [6, 6.07) is 9.03. The zero-order chi connectivity index (χ0) is 27.5. The van der Waals surface area contributed by atoms with Crippen molar-refractivity contribution in [3.63, 3.8) is 0 Å². The Morgan fingerprint density at radius 2 is 1.22 bits per heavy atom. The van der Waals surface area contributed by atoms with Crippen molar-refractivity contribution in [2.45, 2.75) is 32.1 Å². The summed E-state index contributed by atoms with van der Waals surface area (Å²) in [5.74, 6) is -1.32. The molecule has 2 aromatic rings. The summed E-state index contributed by atoms with van der Waals surface area (Å²) < 4.78 is 87.3. The predicted octanol–water partition coefficient (Wildman–Crippen LogP) is 6.20. The van der Waals surface area contributed by atoms with Crippen LogP contribution in [0.1, 0.15) is 18.1 Å². The van der Waals surface area contributed by atoms with Crippen molar-refractivity contribution in [3.8, 4) is 11.5 Å². The highest BCUT2D eigenvalue weighted by atomic mass is 127. The molecule has 0 atom stereocenters. The quantitative estimate of drug-likeness (QED) is 0.187. The van der Waals surface area contributed by atoms with Crippen LogP contribution >= 0.6 is 45.2 Å². The van der Waals surface area contributed by atoms with Crippen molar-refractivity contribution < 1.29 is 55.2 Å². The van der Waals surface area contributed by atoms with Crippen LogP contribution in [0.5, 0.6) is 11.5 Å². The highest BCUT2D eigenvalue weighted by molar-refractivity contribution is 14.1. The van der Waals surface area contributed by atoms with Gasteiger partial charge in [0.05, 0.1) is 26.6 Å². The van der Waals surface area contributed by atoms with E-state index >= 15 is 0 Å². The Balaban J connectivity index is 0.000000362. The standard InChI is InChI=1S/C12H12F3IO3.C10H8F3IO3/c1-2-18-11(17)6-8-3-4-9(16)10(5-8)19-7-12(13,14)15;11-10(12,13)5-17-8-3-6(4-9(15)16)1-2-7(8)14/h3-5H,2,6-7H2,1H3;1-3H,4-5H2,(H,15,16). The Morgan fingerprint density at radius 3 is 1.58 bits per heavy atom. The van der Waals surface area contributed by atoms with Crippen molar-refractivity contribution >= 4 is 57.1 Å². The number of halogens is 8. The van der Waals surface area contributed by atoms with Crippen molar-refractivity contribution in [3.05, 3.63) is 54.7 Å². The van der Waals surface area contributed by atoms with E-state index in [0.717, 1.165) is 0 Å². The first-order valence-corrected chi connectivity index (χ1v) is 12.1. The minimum Gasteiger partial charge on any atom is -0.483 e. The molecule has 0 amide bonds. The number of aliphatic carboxylic acids is 1. The van der Waals surface area contributed by atoms with Crippen molar-refractivity contribution in [2.24, 2.45) is 0 Å². The Hall–Kier alpha value is -1.98. The fourth-order valence-electron chi connectivity index (χ4n) is 2.41. The summed E-state index contributed by atoms with van der Waals surface area (Å²) in [6.07, 6.45) is -9.04. The first-order valence-electron chi connectivity index (χ1n) is 9.93. The van der Waals surface area contributed by atoms with E-state index < -0.39 is 37.5 Å². The van der Waals surface area contributed by atoms with E-state index in [-0.39, 0.29) is 30.9 Å². The van der Waals surface area contributed by atoms with Gasteiger partial charge in [-0.3, -0.25) is 9.59 Å². The monoisotopic (exact) mass is 748 g/mol. The van der Waals surface area contributed by atoms with Crippen LogP contribution in [-0.4, -0.2) is 49.2 Å². The van der Waals surface area contributed by atoms with Gasteiger partial charge in [-0.05, 0) is 87.5 Å². The molecule has 1 N–H and O–H groups in total. The number of ether oxygens (including phenoxy) is 3. The van der Waals surface area contributed by atoms with E-state index in [1.165, 1.54) is 24.3 Å². The van der Waals surface area contributed by atoms with Gasteiger partial charge in [-0.15, -0.1) is 0 Å². The van der Waals surface area contributed by atoms with Crippen LogP contribution in [0, 0.1) is 7.14 Å². The average molecular weight is 748 g/mol. The number of rotatable bonds is 9. The van der Waals surface area contributed by atoms with E-state index in [0.29, 0.717) is 18.3 Å². The van der Waals surface area contributed by atoms with E-state index in [1.54, 1.807) is 19.1 Å². The van der Waals surface area contributed by atoms with E-state index in [9.17, 15) is 35.9 Å². The van der Waals surface area contributed by atoms with Crippen LogP contribution in [0.4, 0.5) is 26.3 Å². The van der Waals surface area contributed by atoms with E-state index in [2.05, 4.69) is 4.74 Å². The largest absolute Gasteiger partial charge is 0.483 e. The second-order valence-electron chi connectivity index (χ2n) is 6.89. The molecule has 2 aromatic carbocycles. The Bertz CT molecular complexity index is 1030. The van der Waals surface area contributed by atoms with Crippen LogP contribution in [0.2, 0.25) is 0 Å². The Morgan fingerprint density at radius 1 is 0.806 bits per heavy atom. The van der Waals surface area contributed by atoms with Crippen molar-refractivity contribution in [1.29, 1.82) is 0 Å². The lowest BCUT2D eigenvalue weighted by Gasteiger charge is -2.12. The minimum atomic E-state index is -4.41. The molecule has 0 saturated carbocycles. The van der Waals surface area contributed by atoms with Crippen LogP contribution in [0.25, 0.3) is 0 Å². The number of benzene rings is 2. The molecule has 0 aliphatic carbocycles. The van der Waals surface area contributed by atoms with Crippen LogP contribution in [0.3, 0.4) is 0 Å². The molecule has 0 saturated heterocycles. The number of carbonyl (C=O) groups excluding carboxylic acids is 1. The first kappa shape index (κ1) is 32.0. The van der Waals surface area contributed by atoms with Crippen LogP contribution < -0.4 is 9.47 Å². The SMILES string of the molecule is CCOC(=O)Cc1ccc(I)c(OCC(F)(F)F)c1.O=C(O)Cc1ccc(I)c(OCC(F)(F)F)c1. The summed E-state index contributed by atoms with van der Waals surface area (Å²) in [5.41, 5.74) is 0.950. The third-order valence-electron chi connectivity index (χ3n) is 3.78. The van der Waals surface area contributed by atoms with Gasteiger partial charge in [0.15, 0.2) is 13.2 Å². The zero-order valence-corrected chi connectivity index (χ0v) is 22.8. The lowest BCUT2D eigenvalue weighted by molar-refractivity contribution is -0.154. The first-order chi connectivity index (χ1) is 16.6. The molecule has 200 valence electrons. The molecule has 0 bridgehead atoms. The maximum Gasteiger partial charge on any atom is 0.422 e. The number of hydrogen-bond donors (Lipinski definition) is 1. The summed E-state index contributed by atoms with van der Waals surface area (Å²) >= 11 is 3.69. The van der Waals surface area contributed by atoms with Gasteiger partial charge in [0.25, 0.3) is 0 Å². The summed E-state index contributed by atoms with van der Waals surface area (Å²) in [6.45, 7) is -0.796. The number of carboxylic acid groups (broad SMARTS) is 1. The fourth-order valence-corrected chi connectivity index (χ4v) is 3.39. The Labute approximate surface area is 229 Å². The molecular formula is C22H20F6I2O6. The second-order valence-corrected chi connectivity index (χ2v) is 9.21. The molecule has 2 rings (SSSR count). The van der Waals surface area contributed by atoms with Gasteiger partial charge < -0.3 is 19.3 Å². The average Bonchev–Trinajstić information content (AvgIpc) is 2.73. The molecule has 0 aromatic heterocycles. The molecule has 0 radical (unpaired) electrons. The highest BCUT2D eigenvalue weighted by Crippen LogP contribution is 2.26. The van der Waals surface area contributed by atoms with Crippen LogP contribution in [-0.2, 0) is 27.2 Å². The maximum atomic E-state index is 12.1. The van der Waals surface area contributed by atoms with Gasteiger partial charge in [0.1, 0.15) is 11.5 Å². The number of hydrogen-bond acceptors (Lipinski definition) is 5. The lowest BCUT2D eigenvalue weighted by Crippen LogP contribution is -2.19. The fraction of sp³-hybridized carbons (Fsp3) is 0.364. The molecule has 14 heteroatoms. The molecule has 0 fully saturated rings. The van der Waals surface area contributed by atoms with Gasteiger partial charge in [-0.25, -0.2) is 0 Å². The summed E-state index contributed by atoms with van der Waals surface area (Å²) in [4.78, 5) is 21.7. The third kappa shape index (κ3) is 13.9. The molecule has 6 nitrogen and oxygen atoms in total. The van der Waals surface area contributed by atoms with Gasteiger partial charge in [-0.1, -0.05) is 12.1 Å². The minimum absolute atomic E-state index is 0.00708. The third-order valence-corrected chi connectivity index (χ3v) is 5.57. The van der Waals surface area contributed by atoms with E-state index in [4.69, 9.17) is 14.6 Å². The number of carboxylic acids is 1.